The summed E-state index contributed by atoms with van der Waals surface area (Å²) in [6.07, 6.45) is 1.69. The van der Waals surface area contributed by atoms with E-state index < -0.39 is 26.2 Å². The van der Waals surface area contributed by atoms with Crippen LogP contribution in [0.3, 0.4) is 0 Å². The Morgan fingerprint density at radius 1 is 1.23 bits per heavy atom. The fourth-order valence-electron chi connectivity index (χ4n) is 2.14. The van der Waals surface area contributed by atoms with Crippen LogP contribution in [-0.4, -0.2) is 46.2 Å². The summed E-state index contributed by atoms with van der Waals surface area (Å²) in [6.45, 7) is 4.21. The number of hydrogen-bond donors (Lipinski definition) is 1. The lowest BCUT2D eigenvalue weighted by Crippen LogP contribution is -2.57. The van der Waals surface area contributed by atoms with Gasteiger partial charge < -0.3 is 5.32 Å². The molecule has 2 atom stereocenters. The Hall–Kier alpha value is -1.00. The predicted molar refractivity (Wildman–Crippen MR) is 82.0 cm³/mol. The van der Waals surface area contributed by atoms with Gasteiger partial charge in [0.05, 0.1) is 17.2 Å². The van der Waals surface area contributed by atoms with Crippen LogP contribution in [0.2, 0.25) is 0 Å². The molecule has 0 aliphatic carbocycles. The minimum absolute atomic E-state index is 0.0829. The summed E-state index contributed by atoms with van der Waals surface area (Å²) in [5.41, 5.74) is 0.894. The van der Waals surface area contributed by atoms with Crippen LogP contribution in [-0.2, 0) is 24.4 Å². The minimum atomic E-state index is -4.20. The molecule has 1 aromatic carbocycles. The van der Waals surface area contributed by atoms with E-state index in [1.54, 1.807) is 19.1 Å². The van der Waals surface area contributed by atoms with Crippen LogP contribution < -0.4 is 5.32 Å². The summed E-state index contributed by atoms with van der Waals surface area (Å²) >= 11 is 0. The molecule has 124 valence electrons. The van der Waals surface area contributed by atoms with E-state index >= 15 is 0 Å². The number of sulfonamides is 1. The molecule has 1 N–H and O–H groups in total. The van der Waals surface area contributed by atoms with Crippen molar-refractivity contribution < 1.29 is 21.1 Å². The molecule has 7 nitrogen and oxygen atoms in total. The van der Waals surface area contributed by atoms with E-state index in [9.17, 15) is 16.8 Å². The second-order valence-corrected chi connectivity index (χ2v) is 8.80. The van der Waals surface area contributed by atoms with Gasteiger partial charge in [-0.3, -0.25) is 0 Å². The van der Waals surface area contributed by atoms with E-state index in [0.29, 0.717) is 4.47 Å². The van der Waals surface area contributed by atoms with Gasteiger partial charge in [0.25, 0.3) is 0 Å². The van der Waals surface area contributed by atoms with Crippen LogP contribution in [0.5, 0.6) is 0 Å². The van der Waals surface area contributed by atoms with Crippen LogP contribution in [0.15, 0.2) is 29.2 Å². The molecular weight excluding hydrogens is 328 g/mol. The highest BCUT2D eigenvalue weighted by atomic mass is 32.2. The first-order chi connectivity index (χ1) is 10.1. The second kappa shape index (κ2) is 6.25. The molecule has 1 aliphatic heterocycles. The number of aryl methyl sites for hydroxylation is 1. The predicted octanol–water partition coefficient (Wildman–Crippen LogP) is 0.627. The number of hydroxylamine groups is 1. The van der Waals surface area contributed by atoms with Gasteiger partial charge in [0.2, 0.25) is 10.0 Å². The monoisotopic (exact) mass is 348 g/mol. The van der Waals surface area contributed by atoms with Gasteiger partial charge >= 0.3 is 10.1 Å². The largest absolute Gasteiger partial charge is 0.314 e. The number of hydrogen-bond acceptors (Lipinski definition) is 6. The van der Waals surface area contributed by atoms with Gasteiger partial charge in [-0.15, -0.1) is 0 Å². The van der Waals surface area contributed by atoms with Crippen LogP contribution in [0, 0.1) is 6.92 Å². The van der Waals surface area contributed by atoms with E-state index in [-0.39, 0.29) is 10.9 Å². The molecule has 1 fully saturated rings. The van der Waals surface area contributed by atoms with E-state index in [1.165, 1.54) is 12.1 Å². The lowest BCUT2D eigenvalue weighted by Gasteiger charge is -2.37. The molecule has 1 aromatic rings. The number of nitrogens with zero attached hydrogens (tertiary/aromatic N) is 1. The van der Waals surface area contributed by atoms with E-state index in [2.05, 4.69) is 5.32 Å². The fourth-order valence-corrected chi connectivity index (χ4v) is 4.46. The standard InChI is InChI=1S/C13H20N2O5S2/c1-10-4-6-12(7-5-10)22(18,19)20-15(21(3,16)17)11(2)13-8-9-14-13/h4-7,11,13-14H,8-9H2,1-3H3/t11-,13-/m0/s1. The summed E-state index contributed by atoms with van der Waals surface area (Å²) in [6, 6.07) is 5.27. The fraction of sp³-hybridized carbons (Fsp3) is 0.538. The maximum Gasteiger partial charge on any atom is 0.314 e. The molecule has 0 radical (unpaired) electrons. The zero-order chi connectivity index (χ0) is 16.5. The number of nitrogens with one attached hydrogen (secondary N) is 1. The van der Waals surface area contributed by atoms with Gasteiger partial charge in [0.15, 0.2) is 0 Å². The number of rotatable bonds is 6. The SMILES string of the molecule is Cc1ccc(S(=O)(=O)ON([C@@H](C)[C@@H]2CCN2)S(C)(=O)=O)cc1. The van der Waals surface area contributed by atoms with Crippen molar-refractivity contribution in [1.82, 2.24) is 9.79 Å². The lowest BCUT2D eigenvalue weighted by molar-refractivity contribution is -0.0125. The van der Waals surface area contributed by atoms with Crippen molar-refractivity contribution in [2.75, 3.05) is 12.8 Å². The third-order valence-electron chi connectivity index (χ3n) is 3.58. The molecule has 22 heavy (non-hydrogen) atoms. The Labute approximate surface area is 131 Å². The molecule has 9 heteroatoms. The van der Waals surface area contributed by atoms with Gasteiger partial charge in [-0.2, -0.15) is 12.7 Å². The van der Waals surface area contributed by atoms with E-state index in [0.717, 1.165) is 24.8 Å². The molecule has 2 rings (SSSR count). The summed E-state index contributed by atoms with van der Waals surface area (Å²) in [4.78, 5) is -0.0829. The molecule has 1 heterocycles. The Bertz CT molecular complexity index is 724. The zero-order valence-electron chi connectivity index (χ0n) is 12.7. The normalized spacial score (nSPS) is 20.6. The third kappa shape index (κ3) is 3.85. The smallest absolute Gasteiger partial charge is 0.312 e. The van der Waals surface area contributed by atoms with Crippen molar-refractivity contribution in [3.63, 3.8) is 0 Å². The van der Waals surface area contributed by atoms with Crippen molar-refractivity contribution in [3.05, 3.63) is 29.8 Å². The lowest BCUT2D eigenvalue weighted by atomic mass is 10.0. The van der Waals surface area contributed by atoms with Crippen molar-refractivity contribution in [3.8, 4) is 0 Å². The molecule has 0 aromatic heterocycles. The average Bonchev–Trinajstić information content (AvgIpc) is 2.33. The summed E-state index contributed by atoms with van der Waals surface area (Å²) in [7, 11) is -8.05. The summed E-state index contributed by atoms with van der Waals surface area (Å²) < 4.78 is 53.8. The van der Waals surface area contributed by atoms with Crippen LogP contribution in [0.25, 0.3) is 0 Å². The Kier molecular flexibility index (Phi) is 4.93. The topological polar surface area (TPSA) is 92.8 Å². The van der Waals surface area contributed by atoms with Crippen LogP contribution in [0.1, 0.15) is 18.9 Å². The van der Waals surface area contributed by atoms with Gasteiger partial charge in [0.1, 0.15) is 0 Å². The third-order valence-corrected chi connectivity index (χ3v) is 5.95. The van der Waals surface area contributed by atoms with Gasteiger partial charge in [-0.05, 0) is 38.9 Å². The van der Waals surface area contributed by atoms with Crippen molar-refractivity contribution in [2.24, 2.45) is 0 Å². The molecule has 0 spiro atoms. The zero-order valence-corrected chi connectivity index (χ0v) is 14.3. The van der Waals surface area contributed by atoms with Crippen molar-refractivity contribution >= 4 is 20.1 Å². The molecule has 1 aliphatic rings. The Morgan fingerprint density at radius 3 is 2.18 bits per heavy atom. The van der Waals surface area contributed by atoms with Gasteiger partial charge in [-0.1, -0.05) is 22.2 Å². The first-order valence-electron chi connectivity index (χ1n) is 6.85. The highest BCUT2D eigenvalue weighted by Crippen LogP contribution is 2.22. The maximum absolute atomic E-state index is 12.3. The maximum atomic E-state index is 12.3. The Balaban J connectivity index is 2.27. The number of benzene rings is 1. The second-order valence-electron chi connectivity index (χ2n) is 5.45. The quantitative estimate of drug-likeness (QED) is 0.758. The average molecular weight is 348 g/mol. The molecular formula is C13H20N2O5S2. The summed E-state index contributed by atoms with van der Waals surface area (Å²) in [5.74, 6) is 0. The van der Waals surface area contributed by atoms with Gasteiger partial charge in [-0.25, -0.2) is 8.42 Å². The molecule has 0 unspecified atom stereocenters. The summed E-state index contributed by atoms with van der Waals surface area (Å²) in [5, 5.41) is 3.05. The molecule has 0 amide bonds. The van der Waals surface area contributed by atoms with E-state index in [4.69, 9.17) is 4.28 Å². The highest BCUT2D eigenvalue weighted by molar-refractivity contribution is 7.90. The minimum Gasteiger partial charge on any atom is -0.312 e. The van der Waals surface area contributed by atoms with Crippen molar-refractivity contribution in [2.45, 2.75) is 37.2 Å². The first-order valence-corrected chi connectivity index (χ1v) is 10.1. The Morgan fingerprint density at radius 2 is 1.77 bits per heavy atom. The first kappa shape index (κ1) is 17.4. The van der Waals surface area contributed by atoms with Crippen molar-refractivity contribution in [1.29, 1.82) is 0 Å². The highest BCUT2D eigenvalue weighted by Gasteiger charge is 2.37. The molecule has 0 saturated carbocycles. The van der Waals surface area contributed by atoms with E-state index in [1.807, 2.05) is 6.92 Å². The van der Waals surface area contributed by atoms with Crippen LogP contribution >= 0.6 is 0 Å². The van der Waals surface area contributed by atoms with Crippen LogP contribution in [0.4, 0.5) is 0 Å². The molecule has 1 saturated heterocycles. The van der Waals surface area contributed by atoms with Gasteiger partial charge in [0, 0.05) is 6.04 Å². The molecule has 0 bridgehead atoms.